The highest BCUT2D eigenvalue weighted by atomic mass is 16.3. The van der Waals surface area contributed by atoms with Crippen molar-refractivity contribution in [3.8, 4) is 0 Å². The molecule has 1 N–H and O–H groups in total. The molecule has 0 spiro atoms. The van der Waals surface area contributed by atoms with Crippen LogP contribution in [0.1, 0.15) is 26.7 Å². The van der Waals surface area contributed by atoms with Crippen LogP contribution < -0.4 is 0 Å². The van der Waals surface area contributed by atoms with E-state index in [1.165, 1.54) is 0 Å². The highest BCUT2D eigenvalue weighted by Crippen LogP contribution is 2.57. The zero-order valence-corrected chi connectivity index (χ0v) is 7.00. The average molecular weight is 154 g/mol. The topological polar surface area (TPSA) is 37.3 Å². The van der Waals surface area contributed by atoms with Crippen LogP contribution in [0.5, 0.6) is 0 Å². The Morgan fingerprint density at radius 2 is 2.18 bits per heavy atom. The molecule has 0 aromatic carbocycles. The minimum absolute atomic E-state index is 0.0607. The Labute approximate surface area is 66.6 Å². The van der Waals surface area contributed by atoms with Crippen LogP contribution in [0, 0.1) is 17.3 Å². The van der Waals surface area contributed by atoms with Crippen molar-refractivity contribution in [3.05, 3.63) is 0 Å². The van der Waals surface area contributed by atoms with Gasteiger partial charge in [0.1, 0.15) is 6.10 Å². The van der Waals surface area contributed by atoms with E-state index in [0.717, 1.165) is 6.42 Å². The molecule has 3 atom stereocenters. The van der Waals surface area contributed by atoms with Gasteiger partial charge in [-0.15, -0.1) is 0 Å². The largest absolute Gasteiger partial charge is 0.385 e. The van der Waals surface area contributed by atoms with E-state index in [0.29, 0.717) is 12.3 Å². The van der Waals surface area contributed by atoms with Gasteiger partial charge in [-0.2, -0.15) is 0 Å². The number of aliphatic hydroxyl groups excluding tert-OH is 1. The van der Waals surface area contributed by atoms with E-state index in [4.69, 9.17) is 0 Å². The summed E-state index contributed by atoms with van der Waals surface area (Å²) >= 11 is 0. The second-order valence-corrected chi connectivity index (χ2v) is 4.48. The zero-order valence-electron chi connectivity index (χ0n) is 7.00. The molecule has 3 rings (SSSR count). The van der Waals surface area contributed by atoms with E-state index in [2.05, 4.69) is 13.8 Å². The van der Waals surface area contributed by atoms with Crippen LogP contribution in [0.4, 0.5) is 0 Å². The molecule has 0 heterocycles. The maximum atomic E-state index is 11.1. The molecule has 0 aromatic heterocycles. The molecule has 11 heavy (non-hydrogen) atoms. The fraction of sp³-hybridized carbons (Fsp3) is 0.889. The Morgan fingerprint density at radius 1 is 1.55 bits per heavy atom. The van der Waals surface area contributed by atoms with Gasteiger partial charge in [0.2, 0.25) is 0 Å². The third-order valence-electron chi connectivity index (χ3n) is 3.70. The summed E-state index contributed by atoms with van der Waals surface area (Å²) in [6, 6.07) is 0. The van der Waals surface area contributed by atoms with Crippen molar-refractivity contribution in [2.75, 3.05) is 0 Å². The Balaban J connectivity index is 2.23. The summed E-state index contributed by atoms with van der Waals surface area (Å²) in [6.07, 6.45) is 1.000. The first-order chi connectivity index (χ1) is 5.03. The van der Waals surface area contributed by atoms with Crippen LogP contribution >= 0.6 is 0 Å². The predicted octanol–water partition coefficient (Wildman–Crippen LogP) is 0.982. The van der Waals surface area contributed by atoms with E-state index in [-0.39, 0.29) is 17.1 Å². The van der Waals surface area contributed by atoms with E-state index in [1.54, 1.807) is 0 Å². The summed E-state index contributed by atoms with van der Waals surface area (Å²) in [5.74, 6) is 0.850. The summed E-state index contributed by atoms with van der Waals surface area (Å²) in [4.78, 5) is 11.1. The highest BCUT2D eigenvalue weighted by molar-refractivity contribution is 5.85. The molecule has 2 heteroatoms. The number of aliphatic hydroxyl groups is 1. The monoisotopic (exact) mass is 154 g/mol. The number of fused-ring (bicyclic) bond motifs is 2. The molecule has 0 radical (unpaired) electrons. The summed E-state index contributed by atoms with van der Waals surface area (Å²) in [6.45, 7) is 4.31. The minimum atomic E-state index is -0.657. The molecular formula is C9H14O2. The lowest BCUT2D eigenvalue weighted by Gasteiger charge is -2.57. The van der Waals surface area contributed by atoms with Gasteiger partial charge in [-0.05, 0) is 23.7 Å². The summed E-state index contributed by atoms with van der Waals surface area (Å²) in [5.41, 5.74) is 0.216. The number of hydrogen-bond acceptors (Lipinski definition) is 2. The van der Waals surface area contributed by atoms with Crippen LogP contribution in [-0.4, -0.2) is 17.0 Å². The third-order valence-corrected chi connectivity index (χ3v) is 3.70. The van der Waals surface area contributed by atoms with Crippen LogP contribution in [-0.2, 0) is 4.79 Å². The number of ketones is 1. The molecule has 62 valence electrons. The SMILES string of the molecule is CC1(C)[C@@H]2CC(=O)[C@@H](O)[C@H]1C2. The standard InChI is InChI=1S/C9H14O2/c1-9(2)5-3-6(9)8(11)7(10)4-5/h5-6,8,11H,3-4H2,1-2H3/t5-,6+,8-/m0/s1. The van der Waals surface area contributed by atoms with Gasteiger partial charge in [0, 0.05) is 6.42 Å². The van der Waals surface area contributed by atoms with E-state index in [1.807, 2.05) is 0 Å². The first-order valence-electron chi connectivity index (χ1n) is 4.24. The van der Waals surface area contributed by atoms with Gasteiger partial charge in [0.15, 0.2) is 5.78 Å². The summed E-state index contributed by atoms with van der Waals surface area (Å²) < 4.78 is 0. The fourth-order valence-corrected chi connectivity index (χ4v) is 2.53. The summed E-state index contributed by atoms with van der Waals surface area (Å²) in [7, 11) is 0. The molecule has 3 saturated carbocycles. The van der Waals surface area contributed by atoms with E-state index in [9.17, 15) is 9.90 Å². The number of carbonyl (C=O) groups excluding carboxylic acids is 1. The van der Waals surface area contributed by atoms with Crippen LogP contribution in [0.2, 0.25) is 0 Å². The van der Waals surface area contributed by atoms with Crippen molar-refractivity contribution in [1.29, 1.82) is 0 Å². The van der Waals surface area contributed by atoms with Crippen LogP contribution in [0.15, 0.2) is 0 Å². The number of Topliss-reactive ketones (excluding diaryl/α,β-unsaturated/α-hetero) is 1. The van der Waals surface area contributed by atoms with Gasteiger partial charge in [-0.25, -0.2) is 0 Å². The van der Waals surface area contributed by atoms with Crippen molar-refractivity contribution >= 4 is 5.78 Å². The van der Waals surface area contributed by atoms with Gasteiger partial charge in [0.05, 0.1) is 0 Å². The molecule has 0 aliphatic heterocycles. The van der Waals surface area contributed by atoms with Crippen molar-refractivity contribution in [2.45, 2.75) is 32.8 Å². The lowest BCUT2D eigenvalue weighted by Crippen LogP contribution is -2.58. The Bertz CT molecular complexity index is 208. The molecule has 0 unspecified atom stereocenters. The zero-order chi connectivity index (χ0) is 8.22. The third kappa shape index (κ3) is 0.734. The van der Waals surface area contributed by atoms with Gasteiger partial charge in [-0.3, -0.25) is 4.79 Å². The fourth-order valence-electron chi connectivity index (χ4n) is 2.53. The predicted molar refractivity (Wildman–Crippen MR) is 41.0 cm³/mol. The van der Waals surface area contributed by atoms with Crippen LogP contribution in [0.25, 0.3) is 0 Å². The number of carbonyl (C=O) groups is 1. The van der Waals surface area contributed by atoms with Crippen LogP contribution in [0.3, 0.4) is 0 Å². The van der Waals surface area contributed by atoms with Gasteiger partial charge in [0.25, 0.3) is 0 Å². The first kappa shape index (κ1) is 7.29. The van der Waals surface area contributed by atoms with Gasteiger partial charge >= 0.3 is 0 Å². The van der Waals surface area contributed by atoms with E-state index >= 15 is 0 Å². The van der Waals surface area contributed by atoms with E-state index < -0.39 is 6.10 Å². The molecular weight excluding hydrogens is 140 g/mol. The minimum Gasteiger partial charge on any atom is -0.385 e. The van der Waals surface area contributed by atoms with Crippen molar-refractivity contribution in [2.24, 2.45) is 17.3 Å². The lowest BCUT2D eigenvalue weighted by atomic mass is 9.47. The molecule has 2 nitrogen and oxygen atoms in total. The normalized spacial score (nSPS) is 46.8. The Hall–Kier alpha value is -0.370. The first-order valence-corrected chi connectivity index (χ1v) is 4.24. The molecule has 0 saturated heterocycles. The lowest BCUT2D eigenvalue weighted by molar-refractivity contribution is -0.168. The average Bonchev–Trinajstić information content (AvgIpc) is 1.93. The smallest absolute Gasteiger partial charge is 0.161 e. The maximum Gasteiger partial charge on any atom is 0.161 e. The van der Waals surface area contributed by atoms with Gasteiger partial charge < -0.3 is 5.11 Å². The molecule has 0 amide bonds. The molecule has 2 bridgehead atoms. The highest BCUT2D eigenvalue weighted by Gasteiger charge is 2.57. The number of rotatable bonds is 0. The Kier molecular flexibility index (Phi) is 1.23. The second kappa shape index (κ2) is 1.86. The van der Waals surface area contributed by atoms with Crippen molar-refractivity contribution in [3.63, 3.8) is 0 Å². The van der Waals surface area contributed by atoms with Gasteiger partial charge in [-0.1, -0.05) is 13.8 Å². The van der Waals surface area contributed by atoms with Crippen molar-refractivity contribution < 1.29 is 9.90 Å². The molecule has 3 fully saturated rings. The molecule has 3 aliphatic carbocycles. The maximum absolute atomic E-state index is 11.1. The molecule has 0 aromatic rings. The van der Waals surface area contributed by atoms with Crippen molar-refractivity contribution in [1.82, 2.24) is 0 Å². The second-order valence-electron chi connectivity index (χ2n) is 4.48. The molecule has 3 aliphatic rings. The Morgan fingerprint density at radius 3 is 2.55 bits per heavy atom. The number of hydrogen-bond donors (Lipinski definition) is 1. The summed E-state index contributed by atoms with van der Waals surface area (Å²) in [5, 5.41) is 9.47. The quantitative estimate of drug-likeness (QED) is 0.564.